The lowest BCUT2D eigenvalue weighted by Gasteiger charge is -2.35. The van der Waals surface area contributed by atoms with E-state index in [1.54, 1.807) is 0 Å². The van der Waals surface area contributed by atoms with Crippen LogP contribution >= 0.6 is 0 Å². The zero-order chi connectivity index (χ0) is 28.1. The summed E-state index contributed by atoms with van der Waals surface area (Å²) in [6.07, 6.45) is 27.6. The summed E-state index contributed by atoms with van der Waals surface area (Å²) >= 11 is 0. The van der Waals surface area contributed by atoms with Crippen molar-refractivity contribution in [3.05, 3.63) is 11.6 Å². The Morgan fingerprint density at radius 2 is 1.08 bits per heavy atom. The van der Waals surface area contributed by atoms with Gasteiger partial charge in [-0.05, 0) is 48.9 Å². The molecular formula is C36H72O. The first-order chi connectivity index (χ1) is 17.5. The summed E-state index contributed by atoms with van der Waals surface area (Å²) in [5, 5.41) is 11.1. The molecule has 0 aliphatic heterocycles. The molecule has 0 saturated heterocycles. The van der Waals surface area contributed by atoms with Crippen molar-refractivity contribution in [2.45, 2.75) is 190 Å². The van der Waals surface area contributed by atoms with Crippen LogP contribution in [0.25, 0.3) is 0 Å². The first-order valence-electron chi connectivity index (χ1n) is 16.9. The van der Waals surface area contributed by atoms with Gasteiger partial charge in [-0.25, -0.2) is 0 Å². The van der Waals surface area contributed by atoms with Crippen LogP contribution in [0.15, 0.2) is 11.6 Å². The van der Waals surface area contributed by atoms with E-state index in [2.05, 4.69) is 68.4 Å². The number of hydrogen-bond acceptors (Lipinski definition) is 1. The summed E-state index contributed by atoms with van der Waals surface area (Å²) in [7, 11) is 0. The molecule has 0 aliphatic rings. The first kappa shape index (κ1) is 36.7. The summed E-state index contributed by atoms with van der Waals surface area (Å²) in [6, 6.07) is 0. The predicted octanol–water partition coefficient (Wildman–Crippen LogP) is 12.3. The SMILES string of the molecule is CCCCCCCCCCCC(C)C(C)(C)C(O)C=C(C)CCCC(C)CCCC(C)CCCC(C)C. The van der Waals surface area contributed by atoms with Gasteiger partial charge in [-0.3, -0.25) is 0 Å². The molecule has 0 aliphatic carbocycles. The molecule has 1 nitrogen and oxygen atoms in total. The van der Waals surface area contributed by atoms with Crippen LogP contribution in [-0.4, -0.2) is 11.2 Å². The average molecular weight is 521 g/mol. The lowest BCUT2D eigenvalue weighted by molar-refractivity contribution is 0.0415. The van der Waals surface area contributed by atoms with Gasteiger partial charge in [-0.1, -0.05) is 176 Å². The van der Waals surface area contributed by atoms with Gasteiger partial charge >= 0.3 is 0 Å². The molecule has 37 heavy (non-hydrogen) atoms. The third-order valence-corrected chi connectivity index (χ3v) is 9.36. The van der Waals surface area contributed by atoms with E-state index in [0.717, 1.165) is 24.2 Å². The molecule has 0 amide bonds. The number of unbranched alkanes of at least 4 members (excludes halogenated alkanes) is 8. The Labute approximate surface area is 236 Å². The molecule has 0 aromatic rings. The van der Waals surface area contributed by atoms with E-state index in [9.17, 15) is 5.11 Å². The predicted molar refractivity (Wildman–Crippen MR) is 169 cm³/mol. The van der Waals surface area contributed by atoms with E-state index >= 15 is 0 Å². The molecule has 0 aromatic carbocycles. The normalized spacial score (nSPS) is 16.2. The van der Waals surface area contributed by atoms with Crippen molar-refractivity contribution in [1.82, 2.24) is 0 Å². The Balaban J connectivity index is 4.09. The molecule has 0 aromatic heterocycles. The van der Waals surface area contributed by atoms with Crippen LogP contribution in [0.3, 0.4) is 0 Å². The molecule has 0 heterocycles. The topological polar surface area (TPSA) is 20.2 Å². The Kier molecular flexibility index (Phi) is 22.3. The van der Waals surface area contributed by atoms with Gasteiger partial charge in [0, 0.05) is 0 Å². The average Bonchev–Trinajstić information content (AvgIpc) is 2.82. The van der Waals surface area contributed by atoms with Gasteiger partial charge in [-0.15, -0.1) is 0 Å². The van der Waals surface area contributed by atoms with Gasteiger partial charge in [0.2, 0.25) is 0 Å². The number of allylic oxidation sites excluding steroid dienone is 1. The molecule has 0 radical (unpaired) electrons. The molecular weight excluding hydrogens is 448 g/mol. The van der Waals surface area contributed by atoms with E-state index in [-0.39, 0.29) is 11.5 Å². The maximum atomic E-state index is 11.1. The van der Waals surface area contributed by atoms with Crippen molar-refractivity contribution in [2.24, 2.45) is 29.1 Å². The molecule has 0 spiro atoms. The summed E-state index contributed by atoms with van der Waals surface area (Å²) in [6.45, 7) is 21.0. The van der Waals surface area contributed by atoms with Crippen LogP contribution in [0.2, 0.25) is 0 Å². The summed E-state index contributed by atoms with van der Waals surface area (Å²) < 4.78 is 0. The second-order valence-corrected chi connectivity index (χ2v) is 14.2. The molecule has 1 N–H and O–H groups in total. The van der Waals surface area contributed by atoms with Crippen LogP contribution in [0.4, 0.5) is 0 Å². The maximum Gasteiger partial charge on any atom is 0.0776 e. The lowest BCUT2D eigenvalue weighted by atomic mass is 9.72. The minimum Gasteiger partial charge on any atom is -0.388 e. The highest BCUT2D eigenvalue weighted by molar-refractivity contribution is 5.06. The molecule has 0 fully saturated rings. The minimum absolute atomic E-state index is 0.0550. The lowest BCUT2D eigenvalue weighted by Crippen LogP contribution is -2.34. The maximum absolute atomic E-state index is 11.1. The summed E-state index contributed by atoms with van der Waals surface area (Å²) in [5.41, 5.74) is 1.32. The molecule has 4 atom stereocenters. The van der Waals surface area contributed by atoms with E-state index in [4.69, 9.17) is 0 Å². The van der Waals surface area contributed by atoms with Gasteiger partial charge in [0.1, 0.15) is 0 Å². The highest BCUT2D eigenvalue weighted by Gasteiger charge is 2.32. The van der Waals surface area contributed by atoms with E-state index in [0.29, 0.717) is 5.92 Å². The minimum atomic E-state index is -0.337. The van der Waals surface area contributed by atoms with E-state index < -0.39 is 0 Å². The smallest absolute Gasteiger partial charge is 0.0776 e. The van der Waals surface area contributed by atoms with Crippen molar-refractivity contribution in [3.8, 4) is 0 Å². The highest BCUT2D eigenvalue weighted by atomic mass is 16.3. The Hall–Kier alpha value is -0.300. The van der Waals surface area contributed by atoms with Crippen molar-refractivity contribution in [3.63, 3.8) is 0 Å². The van der Waals surface area contributed by atoms with E-state index in [1.807, 2.05) is 0 Å². The number of hydrogen-bond donors (Lipinski definition) is 1. The van der Waals surface area contributed by atoms with Crippen LogP contribution in [0.5, 0.6) is 0 Å². The van der Waals surface area contributed by atoms with Crippen molar-refractivity contribution in [2.75, 3.05) is 0 Å². The summed E-state index contributed by atoms with van der Waals surface area (Å²) in [4.78, 5) is 0. The number of aliphatic hydroxyl groups excluding tert-OH is 1. The quantitative estimate of drug-likeness (QED) is 0.0937. The molecule has 222 valence electrons. The molecule has 1 heteroatoms. The standard InChI is InChI=1S/C36H72O/c1-10-11-12-13-14-15-16-17-18-28-34(7)36(8,9)35(37)29-33(6)27-21-26-32(5)25-20-24-31(4)23-19-22-30(2)3/h29-32,34-35,37H,10-28H2,1-9H3. The molecule has 0 rings (SSSR count). The highest BCUT2D eigenvalue weighted by Crippen LogP contribution is 2.35. The fourth-order valence-corrected chi connectivity index (χ4v) is 5.70. The first-order valence-corrected chi connectivity index (χ1v) is 16.9. The van der Waals surface area contributed by atoms with Gasteiger partial charge in [-0.2, -0.15) is 0 Å². The van der Waals surface area contributed by atoms with Crippen LogP contribution in [0, 0.1) is 29.1 Å². The van der Waals surface area contributed by atoms with Gasteiger partial charge in [0.25, 0.3) is 0 Å². The number of aliphatic hydroxyl groups is 1. The van der Waals surface area contributed by atoms with Crippen molar-refractivity contribution in [1.29, 1.82) is 0 Å². The monoisotopic (exact) mass is 521 g/mol. The third-order valence-electron chi connectivity index (χ3n) is 9.36. The van der Waals surface area contributed by atoms with E-state index in [1.165, 1.54) is 121 Å². The third kappa shape index (κ3) is 20.3. The van der Waals surface area contributed by atoms with Crippen LogP contribution in [-0.2, 0) is 0 Å². The Morgan fingerprint density at radius 3 is 1.59 bits per heavy atom. The van der Waals surface area contributed by atoms with Crippen LogP contribution < -0.4 is 0 Å². The summed E-state index contributed by atoms with van der Waals surface area (Å²) in [5.74, 6) is 3.12. The fraction of sp³-hybridized carbons (Fsp3) is 0.944. The largest absolute Gasteiger partial charge is 0.388 e. The molecule has 4 unspecified atom stereocenters. The van der Waals surface area contributed by atoms with Crippen molar-refractivity contribution < 1.29 is 5.11 Å². The van der Waals surface area contributed by atoms with Crippen molar-refractivity contribution >= 4 is 0 Å². The fourth-order valence-electron chi connectivity index (χ4n) is 5.70. The molecule has 0 bridgehead atoms. The van der Waals surface area contributed by atoms with Gasteiger partial charge < -0.3 is 5.11 Å². The zero-order valence-corrected chi connectivity index (χ0v) is 27.3. The Morgan fingerprint density at radius 1 is 0.622 bits per heavy atom. The second kappa shape index (κ2) is 22.5. The van der Waals surface area contributed by atoms with Crippen LogP contribution in [0.1, 0.15) is 184 Å². The Bertz CT molecular complexity index is 531. The van der Waals surface area contributed by atoms with Gasteiger partial charge in [0.05, 0.1) is 6.10 Å². The second-order valence-electron chi connectivity index (χ2n) is 14.2. The molecule has 0 saturated carbocycles. The number of rotatable bonds is 25. The van der Waals surface area contributed by atoms with Gasteiger partial charge in [0.15, 0.2) is 0 Å². The zero-order valence-electron chi connectivity index (χ0n) is 27.3.